The van der Waals surface area contributed by atoms with E-state index in [1.54, 1.807) is 12.1 Å². The first-order valence-electron chi connectivity index (χ1n) is 5.93. The molecule has 0 unspecified atom stereocenters. The molecule has 0 aliphatic carbocycles. The average molecular weight is 249 g/mol. The molecule has 0 atom stereocenters. The molecular formula is C12H15N3O3. The quantitative estimate of drug-likeness (QED) is 0.489. The van der Waals surface area contributed by atoms with Gasteiger partial charge in [0.25, 0.3) is 5.69 Å². The van der Waals surface area contributed by atoms with E-state index in [1.807, 2.05) is 6.07 Å². The summed E-state index contributed by atoms with van der Waals surface area (Å²) in [5, 5.41) is 13.7. The van der Waals surface area contributed by atoms with Crippen LogP contribution in [0.4, 0.5) is 17.1 Å². The molecule has 1 fully saturated rings. The van der Waals surface area contributed by atoms with Crippen LogP contribution in [-0.2, 0) is 4.79 Å². The molecule has 0 spiro atoms. The van der Waals surface area contributed by atoms with Gasteiger partial charge in [0.15, 0.2) is 0 Å². The maximum Gasteiger partial charge on any atom is 0.294 e. The third-order valence-corrected chi connectivity index (χ3v) is 3.03. The van der Waals surface area contributed by atoms with Gasteiger partial charge in [0, 0.05) is 24.8 Å². The molecule has 1 aliphatic heterocycles. The standard InChI is InChI=1S/C12H15N3O3/c16-8-5-13-11-4-3-10(9-12(11)15(17)18)14-6-1-2-7-14/h3-4,8-9,13H,1-2,5-7H2. The normalized spacial score (nSPS) is 14.6. The molecule has 0 amide bonds. The van der Waals surface area contributed by atoms with Crippen molar-refractivity contribution in [2.45, 2.75) is 12.8 Å². The van der Waals surface area contributed by atoms with Crippen molar-refractivity contribution in [3.05, 3.63) is 28.3 Å². The predicted molar refractivity (Wildman–Crippen MR) is 69.1 cm³/mol. The van der Waals surface area contributed by atoms with Gasteiger partial charge in [0.1, 0.15) is 12.0 Å². The summed E-state index contributed by atoms with van der Waals surface area (Å²) in [4.78, 5) is 23.0. The maximum absolute atomic E-state index is 11.0. The fourth-order valence-electron chi connectivity index (χ4n) is 2.14. The lowest BCUT2D eigenvalue weighted by molar-refractivity contribution is -0.383. The molecule has 0 saturated carbocycles. The van der Waals surface area contributed by atoms with Crippen LogP contribution in [-0.4, -0.2) is 30.8 Å². The summed E-state index contributed by atoms with van der Waals surface area (Å²) in [7, 11) is 0. The van der Waals surface area contributed by atoms with Crippen molar-refractivity contribution in [3.63, 3.8) is 0 Å². The summed E-state index contributed by atoms with van der Waals surface area (Å²) < 4.78 is 0. The Balaban J connectivity index is 2.27. The van der Waals surface area contributed by atoms with Crippen molar-refractivity contribution < 1.29 is 9.72 Å². The van der Waals surface area contributed by atoms with E-state index in [4.69, 9.17) is 0 Å². The van der Waals surface area contributed by atoms with Gasteiger partial charge in [-0.05, 0) is 25.0 Å². The van der Waals surface area contributed by atoms with Crippen LogP contribution in [0.1, 0.15) is 12.8 Å². The second kappa shape index (κ2) is 5.48. The Morgan fingerprint density at radius 2 is 2.11 bits per heavy atom. The zero-order valence-electron chi connectivity index (χ0n) is 9.96. The smallest absolute Gasteiger partial charge is 0.294 e. The van der Waals surface area contributed by atoms with Crippen LogP contribution >= 0.6 is 0 Å². The molecule has 1 aliphatic rings. The average Bonchev–Trinajstić information content (AvgIpc) is 2.90. The highest BCUT2D eigenvalue weighted by Gasteiger charge is 2.18. The van der Waals surface area contributed by atoms with Crippen LogP contribution in [0.5, 0.6) is 0 Å². The maximum atomic E-state index is 11.0. The lowest BCUT2D eigenvalue weighted by Gasteiger charge is -2.17. The SMILES string of the molecule is O=CCNc1ccc(N2CCCC2)cc1[N+](=O)[O-]. The van der Waals surface area contributed by atoms with Crippen molar-refractivity contribution >= 4 is 23.3 Å². The Bertz CT molecular complexity index is 456. The lowest BCUT2D eigenvalue weighted by atomic mass is 10.2. The van der Waals surface area contributed by atoms with Crippen molar-refractivity contribution in [2.24, 2.45) is 0 Å². The highest BCUT2D eigenvalue weighted by molar-refractivity contribution is 5.71. The number of benzene rings is 1. The first-order chi connectivity index (χ1) is 8.72. The molecule has 1 aromatic rings. The molecule has 1 heterocycles. The summed E-state index contributed by atoms with van der Waals surface area (Å²) in [6.07, 6.45) is 2.93. The molecule has 6 nitrogen and oxygen atoms in total. The van der Waals surface area contributed by atoms with Crippen molar-refractivity contribution in [1.82, 2.24) is 0 Å². The van der Waals surface area contributed by atoms with Gasteiger partial charge in [-0.2, -0.15) is 0 Å². The first kappa shape index (κ1) is 12.3. The van der Waals surface area contributed by atoms with E-state index >= 15 is 0 Å². The van der Waals surface area contributed by atoms with Gasteiger partial charge >= 0.3 is 0 Å². The molecule has 0 bridgehead atoms. The topological polar surface area (TPSA) is 75.5 Å². The molecule has 0 aromatic heterocycles. The molecule has 1 saturated heterocycles. The number of nitrogens with one attached hydrogen (secondary N) is 1. The number of nitro groups is 1. The number of anilines is 2. The van der Waals surface area contributed by atoms with Crippen molar-refractivity contribution in [2.75, 3.05) is 29.9 Å². The minimum atomic E-state index is -0.424. The molecular weight excluding hydrogens is 234 g/mol. The summed E-state index contributed by atoms with van der Waals surface area (Å²) in [6.45, 7) is 1.96. The summed E-state index contributed by atoms with van der Waals surface area (Å²) >= 11 is 0. The minimum Gasteiger partial charge on any atom is -0.373 e. The number of carbonyl (C=O) groups excluding carboxylic acids is 1. The van der Waals surface area contributed by atoms with Crippen LogP contribution in [0.15, 0.2) is 18.2 Å². The highest BCUT2D eigenvalue weighted by Crippen LogP contribution is 2.30. The number of carbonyl (C=O) groups is 1. The molecule has 2 rings (SSSR count). The zero-order valence-corrected chi connectivity index (χ0v) is 9.96. The van der Waals surface area contributed by atoms with E-state index in [1.165, 1.54) is 0 Å². The molecule has 18 heavy (non-hydrogen) atoms. The molecule has 0 radical (unpaired) electrons. The van der Waals surface area contributed by atoms with E-state index in [0.29, 0.717) is 12.0 Å². The number of hydrogen-bond donors (Lipinski definition) is 1. The Hall–Kier alpha value is -2.11. The van der Waals surface area contributed by atoms with Gasteiger partial charge in [-0.25, -0.2) is 0 Å². The van der Waals surface area contributed by atoms with Crippen LogP contribution < -0.4 is 10.2 Å². The lowest BCUT2D eigenvalue weighted by Crippen LogP contribution is -2.17. The summed E-state index contributed by atoms with van der Waals surface area (Å²) in [5.41, 5.74) is 1.27. The Morgan fingerprint density at radius 3 is 2.72 bits per heavy atom. The van der Waals surface area contributed by atoms with Gasteiger partial charge in [-0.3, -0.25) is 10.1 Å². The van der Waals surface area contributed by atoms with Crippen LogP contribution in [0.25, 0.3) is 0 Å². The molecule has 1 aromatic carbocycles. The van der Waals surface area contributed by atoms with Gasteiger partial charge in [0.05, 0.1) is 11.5 Å². The fraction of sp³-hybridized carbons (Fsp3) is 0.417. The number of hydrogen-bond acceptors (Lipinski definition) is 5. The third-order valence-electron chi connectivity index (χ3n) is 3.03. The van der Waals surface area contributed by atoms with E-state index < -0.39 is 4.92 Å². The fourth-order valence-corrected chi connectivity index (χ4v) is 2.14. The minimum absolute atomic E-state index is 0.0150. The predicted octanol–water partition coefficient (Wildman–Crippen LogP) is 1.81. The second-order valence-electron chi connectivity index (χ2n) is 4.20. The summed E-state index contributed by atoms with van der Waals surface area (Å²) in [5.74, 6) is 0. The van der Waals surface area contributed by atoms with Gasteiger partial charge < -0.3 is 15.0 Å². The number of nitro benzene ring substituents is 1. The second-order valence-corrected chi connectivity index (χ2v) is 4.20. The van der Waals surface area contributed by atoms with Gasteiger partial charge in [-0.15, -0.1) is 0 Å². The monoisotopic (exact) mass is 249 g/mol. The van der Waals surface area contributed by atoms with Crippen molar-refractivity contribution in [1.29, 1.82) is 0 Å². The van der Waals surface area contributed by atoms with E-state index in [0.717, 1.165) is 31.6 Å². The molecule has 96 valence electrons. The van der Waals surface area contributed by atoms with Gasteiger partial charge in [0.2, 0.25) is 0 Å². The van der Waals surface area contributed by atoms with Crippen molar-refractivity contribution in [3.8, 4) is 0 Å². The van der Waals surface area contributed by atoms with E-state index in [2.05, 4.69) is 10.2 Å². The Morgan fingerprint density at radius 1 is 1.39 bits per heavy atom. The van der Waals surface area contributed by atoms with E-state index in [-0.39, 0.29) is 12.2 Å². The van der Waals surface area contributed by atoms with E-state index in [9.17, 15) is 14.9 Å². The van der Waals surface area contributed by atoms with Crippen LogP contribution in [0.2, 0.25) is 0 Å². The zero-order chi connectivity index (χ0) is 13.0. The Labute approximate surface area is 105 Å². The number of aldehydes is 1. The van der Waals surface area contributed by atoms with Crippen LogP contribution in [0, 0.1) is 10.1 Å². The summed E-state index contributed by atoms with van der Waals surface area (Å²) in [6, 6.07) is 5.08. The van der Waals surface area contributed by atoms with Gasteiger partial charge in [-0.1, -0.05) is 0 Å². The molecule has 1 N–H and O–H groups in total. The number of nitrogens with zero attached hydrogens (tertiary/aromatic N) is 2. The highest BCUT2D eigenvalue weighted by atomic mass is 16.6. The van der Waals surface area contributed by atoms with Crippen LogP contribution in [0.3, 0.4) is 0 Å². The first-order valence-corrected chi connectivity index (χ1v) is 5.93. The molecule has 6 heteroatoms. The largest absolute Gasteiger partial charge is 0.373 e. The Kier molecular flexibility index (Phi) is 3.76. The number of rotatable bonds is 5. The third kappa shape index (κ3) is 2.58.